The first-order chi connectivity index (χ1) is 10.0. The number of sulfonamides is 1. The molecule has 0 saturated carbocycles. The Morgan fingerprint density at radius 3 is 2.18 bits per heavy atom. The molecule has 0 saturated heterocycles. The van der Waals surface area contributed by atoms with Gasteiger partial charge >= 0.3 is 0 Å². The summed E-state index contributed by atoms with van der Waals surface area (Å²) in [6, 6.07) is 3.96. The standard InChI is InChI=1S/C13H13Cl3N2O3S/c1-13(2,3)11-6-12(17-21-11)18-22(19,20)10-5-8(15)7(14)4-9(10)16/h4-6H,1-3H3,(H,17,18). The summed E-state index contributed by atoms with van der Waals surface area (Å²) in [6.07, 6.45) is 0. The molecule has 5 nitrogen and oxygen atoms in total. The monoisotopic (exact) mass is 382 g/mol. The zero-order valence-electron chi connectivity index (χ0n) is 11.9. The molecule has 120 valence electrons. The molecule has 0 amide bonds. The van der Waals surface area contributed by atoms with E-state index in [-0.39, 0.29) is 31.2 Å². The van der Waals surface area contributed by atoms with Crippen molar-refractivity contribution in [1.82, 2.24) is 5.16 Å². The summed E-state index contributed by atoms with van der Waals surface area (Å²) in [7, 11) is -3.96. The first kappa shape index (κ1) is 17.4. The lowest BCUT2D eigenvalue weighted by molar-refractivity contribution is 0.331. The van der Waals surface area contributed by atoms with Crippen LogP contribution >= 0.6 is 34.8 Å². The van der Waals surface area contributed by atoms with Crippen molar-refractivity contribution in [1.29, 1.82) is 0 Å². The van der Waals surface area contributed by atoms with Gasteiger partial charge in [0.25, 0.3) is 10.0 Å². The van der Waals surface area contributed by atoms with Crippen LogP contribution in [0.5, 0.6) is 0 Å². The number of nitrogens with one attached hydrogen (secondary N) is 1. The van der Waals surface area contributed by atoms with Gasteiger partial charge in [0.2, 0.25) is 0 Å². The van der Waals surface area contributed by atoms with Crippen LogP contribution in [0.15, 0.2) is 27.6 Å². The molecule has 0 spiro atoms. The normalized spacial score (nSPS) is 12.5. The lowest BCUT2D eigenvalue weighted by Gasteiger charge is -2.12. The Labute approximate surface area is 143 Å². The van der Waals surface area contributed by atoms with E-state index in [1.807, 2.05) is 20.8 Å². The number of nitrogens with zero attached hydrogens (tertiary/aromatic N) is 1. The van der Waals surface area contributed by atoms with Crippen molar-refractivity contribution < 1.29 is 12.9 Å². The Hall–Kier alpha value is -0.950. The molecule has 0 aliphatic heterocycles. The second kappa shape index (κ2) is 5.92. The predicted octanol–water partition coefficient (Wildman–Crippen LogP) is 4.73. The van der Waals surface area contributed by atoms with E-state index in [1.54, 1.807) is 0 Å². The molecule has 9 heteroatoms. The van der Waals surface area contributed by atoms with Gasteiger partial charge in [-0.1, -0.05) is 60.7 Å². The maximum atomic E-state index is 12.4. The van der Waals surface area contributed by atoms with Crippen molar-refractivity contribution in [3.8, 4) is 0 Å². The van der Waals surface area contributed by atoms with Crippen molar-refractivity contribution in [3.05, 3.63) is 39.0 Å². The number of aromatic nitrogens is 1. The lowest BCUT2D eigenvalue weighted by atomic mass is 9.93. The van der Waals surface area contributed by atoms with Crippen LogP contribution in [0.1, 0.15) is 26.5 Å². The summed E-state index contributed by atoms with van der Waals surface area (Å²) < 4.78 is 32.2. The zero-order chi connectivity index (χ0) is 16.7. The molecular weight excluding hydrogens is 371 g/mol. The fourth-order valence-corrected chi connectivity index (χ4v) is 3.57. The smallest absolute Gasteiger partial charge is 0.264 e. The Bertz CT molecular complexity index is 810. The first-order valence-electron chi connectivity index (χ1n) is 6.15. The molecule has 22 heavy (non-hydrogen) atoms. The van der Waals surface area contributed by atoms with E-state index in [0.717, 1.165) is 0 Å². The fourth-order valence-electron chi connectivity index (χ4n) is 1.58. The van der Waals surface area contributed by atoms with Gasteiger partial charge in [-0.05, 0) is 12.1 Å². The lowest BCUT2D eigenvalue weighted by Crippen LogP contribution is -2.14. The van der Waals surface area contributed by atoms with E-state index in [9.17, 15) is 8.42 Å². The van der Waals surface area contributed by atoms with E-state index < -0.39 is 10.0 Å². The second-order valence-electron chi connectivity index (χ2n) is 5.63. The summed E-state index contributed by atoms with van der Waals surface area (Å²) in [5.41, 5.74) is -0.294. The molecule has 1 heterocycles. The average Bonchev–Trinajstić information content (AvgIpc) is 2.81. The molecular formula is C13H13Cl3N2O3S. The van der Waals surface area contributed by atoms with E-state index in [4.69, 9.17) is 39.3 Å². The Morgan fingerprint density at radius 2 is 1.64 bits per heavy atom. The van der Waals surface area contributed by atoms with Crippen LogP contribution in [-0.2, 0) is 15.4 Å². The second-order valence-corrected chi connectivity index (χ2v) is 8.50. The number of hydrogen-bond acceptors (Lipinski definition) is 4. The van der Waals surface area contributed by atoms with Crippen LogP contribution in [-0.4, -0.2) is 13.6 Å². The van der Waals surface area contributed by atoms with E-state index >= 15 is 0 Å². The van der Waals surface area contributed by atoms with Gasteiger partial charge in [0.15, 0.2) is 5.82 Å². The highest BCUT2D eigenvalue weighted by atomic mass is 35.5. The topological polar surface area (TPSA) is 72.2 Å². The summed E-state index contributed by atoms with van der Waals surface area (Å²) in [5.74, 6) is 0.609. The third kappa shape index (κ3) is 3.68. The van der Waals surface area contributed by atoms with Gasteiger partial charge in [-0.3, -0.25) is 4.72 Å². The minimum Gasteiger partial charge on any atom is -0.359 e. The van der Waals surface area contributed by atoms with Crippen molar-refractivity contribution in [2.45, 2.75) is 31.1 Å². The van der Waals surface area contributed by atoms with E-state index in [0.29, 0.717) is 5.76 Å². The van der Waals surface area contributed by atoms with Gasteiger partial charge in [0, 0.05) is 11.5 Å². The highest BCUT2D eigenvalue weighted by molar-refractivity contribution is 7.92. The average molecular weight is 384 g/mol. The number of hydrogen-bond donors (Lipinski definition) is 1. The van der Waals surface area contributed by atoms with Crippen LogP contribution in [0.3, 0.4) is 0 Å². The zero-order valence-corrected chi connectivity index (χ0v) is 15.0. The molecule has 2 rings (SSSR count). The molecule has 1 N–H and O–H groups in total. The summed E-state index contributed by atoms with van der Waals surface area (Å²) >= 11 is 17.6. The van der Waals surface area contributed by atoms with Gasteiger partial charge in [-0.2, -0.15) is 0 Å². The molecule has 0 radical (unpaired) electrons. The van der Waals surface area contributed by atoms with Gasteiger partial charge in [-0.15, -0.1) is 0 Å². The van der Waals surface area contributed by atoms with Crippen molar-refractivity contribution in [2.75, 3.05) is 4.72 Å². The van der Waals surface area contributed by atoms with Crippen LogP contribution in [0, 0.1) is 0 Å². The molecule has 0 atom stereocenters. The highest BCUT2D eigenvalue weighted by Crippen LogP contribution is 2.33. The molecule has 0 bridgehead atoms. The first-order valence-corrected chi connectivity index (χ1v) is 8.77. The molecule has 1 aromatic heterocycles. The molecule has 0 fully saturated rings. The molecule has 2 aromatic rings. The van der Waals surface area contributed by atoms with Crippen LogP contribution in [0.2, 0.25) is 15.1 Å². The van der Waals surface area contributed by atoms with Crippen molar-refractivity contribution >= 4 is 50.6 Å². The van der Waals surface area contributed by atoms with Crippen LogP contribution < -0.4 is 4.72 Å². The van der Waals surface area contributed by atoms with Gasteiger partial charge in [0.1, 0.15) is 10.7 Å². The molecule has 0 unspecified atom stereocenters. The third-order valence-electron chi connectivity index (χ3n) is 2.75. The molecule has 0 aliphatic rings. The summed E-state index contributed by atoms with van der Waals surface area (Å²) in [6.45, 7) is 5.75. The highest BCUT2D eigenvalue weighted by Gasteiger charge is 2.24. The van der Waals surface area contributed by atoms with E-state index in [1.165, 1.54) is 18.2 Å². The van der Waals surface area contributed by atoms with Gasteiger partial charge < -0.3 is 4.52 Å². The quantitative estimate of drug-likeness (QED) is 0.777. The largest absolute Gasteiger partial charge is 0.359 e. The molecule has 0 aliphatic carbocycles. The van der Waals surface area contributed by atoms with Crippen molar-refractivity contribution in [2.24, 2.45) is 0 Å². The summed E-state index contributed by atoms with van der Waals surface area (Å²) in [5, 5.41) is 3.91. The molecule has 1 aromatic carbocycles. The van der Waals surface area contributed by atoms with Gasteiger partial charge in [-0.25, -0.2) is 8.42 Å². The van der Waals surface area contributed by atoms with Crippen molar-refractivity contribution in [3.63, 3.8) is 0 Å². The fraction of sp³-hybridized carbons (Fsp3) is 0.308. The van der Waals surface area contributed by atoms with Gasteiger partial charge in [0.05, 0.1) is 15.1 Å². The van der Waals surface area contributed by atoms with Crippen LogP contribution in [0.4, 0.5) is 5.82 Å². The van der Waals surface area contributed by atoms with E-state index in [2.05, 4.69) is 9.88 Å². The number of anilines is 1. The number of halogens is 3. The minimum atomic E-state index is -3.96. The van der Waals surface area contributed by atoms with Crippen LogP contribution in [0.25, 0.3) is 0 Å². The number of rotatable bonds is 3. The maximum absolute atomic E-state index is 12.4. The Balaban J connectivity index is 2.36. The predicted molar refractivity (Wildman–Crippen MR) is 87.5 cm³/mol. The minimum absolute atomic E-state index is 0.0403. The third-order valence-corrected chi connectivity index (χ3v) is 5.29. The SMILES string of the molecule is CC(C)(C)c1cc(NS(=O)(=O)c2cc(Cl)c(Cl)cc2Cl)no1. The summed E-state index contributed by atoms with van der Waals surface area (Å²) in [4.78, 5) is -0.191. The maximum Gasteiger partial charge on any atom is 0.264 e. The Morgan fingerprint density at radius 1 is 1.05 bits per heavy atom. The Kier molecular flexibility index (Phi) is 4.69. The number of benzene rings is 1.